The third-order valence-electron chi connectivity index (χ3n) is 2.18. The van der Waals surface area contributed by atoms with Gasteiger partial charge in [0.1, 0.15) is 11.0 Å². The van der Waals surface area contributed by atoms with E-state index in [1.807, 2.05) is 0 Å². The average Bonchev–Trinajstić information content (AvgIpc) is 2.23. The number of nitrogens with zero attached hydrogens (tertiary/aromatic N) is 3. The standard InChI is InChI=1S/C10H12ClF3N4O/c1-5(2)18(4-7(15)19)8-3-6(11)16-9(17-8)10(12,13)14/h3,5H,4H2,1-2H3,(H2,15,19). The van der Waals surface area contributed by atoms with Crippen molar-refractivity contribution < 1.29 is 18.0 Å². The number of carbonyl (C=O) groups excluding carboxylic acids is 1. The van der Waals surface area contributed by atoms with Crippen LogP contribution in [0.4, 0.5) is 19.0 Å². The number of rotatable bonds is 4. The number of hydrogen-bond donors (Lipinski definition) is 1. The molecule has 0 aliphatic carbocycles. The van der Waals surface area contributed by atoms with Crippen LogP contribution in [0.15, 0.2) is 6.07 Å². The number of aromatic nitrogens is 2. The Morgan fingerprint density at radius 2 is 2.05 bits per heavy atom. The molecule has 1 aromatic rings. The minimum atomic E-state index is -4.71. The fraction of sp³-hybridized carbons (Fsp3) is 0.500. The van der Waals surface area contributed by atoms with Gasteiger partial charge in [0.05, 0.1) is 6.54 Å². The summed E-state index contributed by atoms with van der Waals surface area (Å²) < 4.78 is 37.7. The molecule has 1 rings (SSSR count). The first-order chi connectivity index (χ1) is 8.61. The molecule has 0 aliphatic rings. The molecule has 0 radical (unpaired) electrons. The summed E-state index contributed by atoms with van der Waals surface area (Å²) in [6, 6.07) is 0.874. The van der Waals surface area contributed by atoms with Crippen molar-refractivity contribution in [2.75, 3.05) is 11.4 Å². The van der Waals surface area contributed by atoms with E-state index in [4.69, 9.17) is 17.3 Å². The molecule has 1 heterocycles. The van der Waals surface area contributed by atoms with Gasteiger partial charge in [0, 0.05) is 12.1 Å². The number of primary amides is 1. The van der Waals surface area contributed by atoms with Crippen LogP contribution in [-0.2, 0) is 11.0 Å². The van der Waals surface area contributed by atoms with Gasteiger partial charge in [-0.2, -0.15) is 13.2 Å². The number of carbonyl (C=O) groups is 1. The summed E-state index contributed by atoms with van der Waals surface area (Å²) in [6.07, 6.45) is -4.71. The molecule has 19 heavy (non-hydrogen) atoms. The zero-order valence-electron chi connectivity index (χ0n) is 10.2. The van der Waals surface area contributed by atoms with Crippen molar-refractivity contribution in [2.24, 2.45) is 5.73 Å². The molecule has 0 bridgehead atoms. The molecule has 0 unspecified atom stereocenters. The van der Waals surface area contributed by atoms with Gasteiger partial charge >= 0.3 is 6.18 Å². The van der Waals surface area contributed by atoms with Gasteiger partial charge in [-0.15, -0.1) is 0 Å². The Hall–Kier alpha value is -1.57. The first-order valence-electron chi connectivity index (χ1n) is 5.28. The predicted octanol–water partition coefficient (Wildman–Crippen LogP) is 1.85. The van der Waals surface area contributed by atoms with Crippen LogP contribution in [0, 0.1) is 0 Å². The maximum Gasteiger partial charge on any atom is 0.451 e. The molecule has 0 saturated carbocycles. The summed E-state index contributed by atoms with van der Waals surface area (Å²) in [7, 11) is 0. The van der Waals surface area contributed by atoms with Crippen molar-refractivity contribution in [3.63, 3.8) is 0 Å². The summed E-state index contributed by atoms with van der Waals surface area (Å²) in [5.41, 5.74) is 5.05. The average molecular weight is 297 g/mol. The molecule has 2 N–H and O–H groups in total. The van der Waals surface area contributed by atoms with Crippen molar-refractivity contribution in [1.82, 2.24) is 9.97 Å². The number of alkyl halides is 3. The fourth-order valence-corrected chi connectivity index (χ4v) is 1.55. The molecule has 0 atom stereocenters. The van der Waals surface area contributed by atoms with Crippen LogP contribution in [0.2, 0.25) is 5.15 Å². The van der Waals surface area contributed by atoms with Crippen molar-refractivity contribution in [2.45, 2.75) is 26.1 Å². The molecule has 1 amide bonds. The molecule has 106 valence electrons. The Labute approximate surface area is 112 Å². The minimum Gasteiger partial charge on any atom is -0.368 e. The third kappa shape index (κ3) is 4.23. The van der Waals surface area contributed by atoms with Crippen LogP contribution in [0.25, 0.3) is 0 Å². The Bertz CT molecular complexity index is 478. The first kappa shape index (κ1) is 15.5. The summed E-state index contributed by atoms with van der Waals surface area (Å²) in [5.74, 6) is -2.14. The van der Waals surface area contributed by atoms with Crippen LogP contribution in [0.5, 0.6) is 0 Å². The summed E-state index contributed by atoms with van der Waals surface area (Å²) in [6.45, 7) is 3.11. The molecular formula is C10H12ClF3N4O. The normalized spacial score (nSPS) is 11.7. The molecule has 0 fully saturated rings. The van der Waals surface area contributed by atoms with E-state index in [2.05, 4.69) is 9.97 Å². The van der Waals surface area contributed by atoms with Gasteiger partial charge in [0.25, 0.3) is 0 Å². The van der Waals surface area contributed by atoms with E-state index in [1.54, 1.807) is 13.8 Å². The predicted molar refractivity (Wildman–Crippen MR) is 63.7 cm³/mol. The van der Waals surface area contributed by atoms with Gasteiger partial charge in [-0.1, -0.05) is 11.6 Å². The van der Waals surface area contributed by atoms with Gasteiger partial charge in [-0.05, 0) is 13.8 Å². The van der Waals surface area contributed by atoms with E-state index in [0.29, 0.717) is 0 Å². The highest BCUT2D eigenvalue weighted by Crippen LogP contribution is 2.29. The SMILES string of the molecule is CC(C)N(CC(N)=O)c1cc(Cl)nc(C(F)(F)F)n1. The molecule has 1 aromatic heterocycles. The van der Waals surface area contributed by atoms with Gasteiger partial charge in [-0.3, -0.25) is 4.79 Å². The third-order valence-corrected chi connectivity index (χ3v) is 2.37. The first-order valence-corrected chi connectivity index (χ1v) is 5.65. The highest BCUT2D eigenvalue weighted by atomic mass is 35.5. The lowest BCUT2D eigenvalue weighted by molar-refractivity contribution is -0.144. The maximum absolute atomic E-state index is 12.6. The lowest BCUT2D eigenvalue weighted by Gasteiger charge is -2.26. The Morgan fingerprint density at radius 1 is 1.47 bits per heavy atom. The van der Waals surface area contributed by atoms with Crippen LogP contribution in [0.3, 0.4) is 0 Å². The topological polar surface area (TPSA) is 72.1 Å². The van der Waals surface area contributed by atoms with Gasteiger partial charge in [0.2, 0.25) is 11.7 Å². The summed E-state index contributed by atoms with van der Waals surface area (Å²) in [4.78, 5) is 18.7. The van der Waals surface area contributed by atoms with Crippen molar-refractivity contribution in [1.29, 1.82) is 0 Å². The number of anilines is 1. The van der Waals surface area contributed by atoms with E-state index in [1.165, 1.54) is 4.90 Å². The lowest BCUT2D eigenvalue weighted by Crippen LogP contribution is -2.39. The van der Waals surface area contributed by atoms with E-state index >= 15 is 0 Å². The Kier molecular flexibility index (Phi) is 4.56. The molecule has 5 nitrogen and oxygen atoms in total. The molecule has 0 spiro atoms. The number of hydrogen-bond acceptors (Lipinski definition) is 4. The highest BCUT2D eigenvalue weighted by Gasteiger charge is 2.36. The van der Waals surface area contributed by atoms with Crippen LogP contribution >= 0.6 is 11.6 Å². The van der Waals surface area contributed by atoms with Crippen molar-refractivity contribution >= 4 is 23.3 Å². The van der Waals surface area contributed by atoms with E-state index < -0.39 is 17.9 Å². The van der Waals surface area contributed by atoms with Gasteiger partial charge in [0.15, 0.2) is 0 Å². The molecule has 9 heteroatoms. The van der Waals surface area contributed by atoms with E-state index in [9.17, 15) is 18.0 Å². The van der Waals surface area contributed by atoms with Gasteiger partial charge in [-0.25, -0.2) is 9.97 Å². The van der Waals surface area contributed by atoms with Crippen LogP contribution in [0.1, 0.15) is 19.7 Å². The summed E-state index contributed by atoms with van der Waals surface area (Å²) in [5, 5.41) is -0.354. The van der Waals surface area contributed by atoms with Crippen molar-refractivity contribution in [3.05, 3.63) is 17.0 Å². The highest BCUT2D eigenvalue weighted by molar-refractivity contribution is 6.29. The second kappa shape index (κ2) is 5.60. The zero-order chi connectivity index (χ0) is 14.8. The largest absolute Gasteiger partial charge is 0.451 e. The second-order valence-corrected chi connectivity index (χ2v) is 4.45. The van der Waals surface area contributed by atoms with E-state index in [0.717, 1.165) is 6.07 Å². The van der Waals surface area contributed by atoms with Gasteiger partial charge < -0.3 is 10.6 Å². The monoisotopic (exact) mass is 296 g/mol. The summed E-state index contributed by atoms with van der Waals surface area (Å²) >= 11 is 5.55. The Balaban J connectivity index is 3.24. The molecule has 0 saturated heterocycles. The molecule has 0 aliphatic heterocycles. The maximum atomic E-state index is 12.6. The number of amides is 1. The quantitative estimate of drug-likeness (QED) is 0.861. The molecule has 0 aromatic carbocycles. The molecular weight excluding hydrogens is 285 g/mol. The number of nitrogens with two attached hydrogens (primary N) is 1. The lowest BCUT2D eigenvalue weighted by atomic mass is 10.3. The van der Waals surface area contributed by atoms with Crippen LogP contribution in [-0.4, -0.2) is 28.5 Å². The minimum absolute atomic E-state index is 0.0962. The van der Waals surface area contributed by atoms with Crippen molar-refractivity contribution in [3.8, 4) is 0 Å². The Morgan fingerprint density at radius 3 is 2.47 bits per heavy atom. The van der Waals surface area contributed by atoms with E-state index in [-0.39, 0.29) is 23.6 Å². The smallest absolute Gasteiger partial charge is 0.368 e. The number of halogens is 4. The second-order valence-electron chi connectivity index (χ2n) is 4.06. The van der Waals surface area contributed by atoms with Crippen LogP contribution < -0.4 is 10.6 Å². The fourth-order valence-electron chi connectivity index (χ4n) is 1.38. The zero-order valence-corrected chi connectivity index (χ0v) is 11.0.